The van der Waals surface area contributed by atoms with Gasteiger partial charge in [0.2, 0.25) is 0 Å². The van der Waals surface area contributed by atoms with E-state index in [0.29, 0.717) is 6.04 Å². The number of fused-ring (bicyclic) bond motifs is 1. The summed E-state index contributed by atoms with van der Waals surface area (Å²) in [4.78, 5) is 14.3. The quantitative estimate of drug-likeness (QED) is 0.787. The average Bonchev–Trinajstić information content (AvgIpc) is 3.19. The Balaban J connectivity index is 1.68. The number of rotatable bonds is 3. The number of aromatic amines is 1. The number of H-pyrrole nitrogens is 1. The Morgan fingerprint density at radius 2 is 2.35 bits per heavy atom. The molecular weight excluding hydrogens is 252 g/mol. The van der Waals surface area contributed by atoms with Crippen molar-refractivity contribution in [2.45, 2.75) is 25.4 Å². The predicted octanol–water partition coefficient (Wildman–Crippen LogP) is 1.82. The van der Waals surface area contributed by atoms with E-state index < -0.39 is 0 Å². The fourth-order valence-corrected chi connectivity index (χ4v) is 3.02. The molecule has 1 aliphatic rings. The minimum Gasteiger partial charge on any atom is -0.351 e. The zero-order valence-corrected chi connectivity index (χ0v) is 11.1. The zero-order valence-electron chi connectivity index (χ0n) is 11.1. The molecule has 1 saturated heterocycles. The van der Waals surface area contributed by atoms with Gasteiger partial charge in [-0.25, -0.2) is 9.97 Å². The number of aromatic nitrogens is 5. The number of nitrogens with zero attached hydrogens (tertiary/aromatic N) is 5. The number of hydrogen-bond donors (Lipinski definition) is 1. The van der Waals surface area contributed by atoms with Crippen molar-refractivity contribution in [1.29, 1.82) is 0 Å². The number of hydrogen-bond acceptors (Lipinski definition) is 4. The summed E-state index contributed by atoms with van der Waals surface area (Å²) >= 11 is 0. The molecule has 3 aromatic heterocycles. The molecule has 0 bridgehead atoms. The van der Waals surface area contributed by atoms with Gasteiger partial charge in [0, 0.05) is 25.1 Å². The van der Waals surface area contributed by atoms with E-state index in [0.717, 1.165) is 29.9 Å². The van der Waals surface area contributed by atoms with Crippen LogP contribution in [0.15, 0.2) is 37.1 Å². The van der Waals surface area contributed by atoms with Gasteiger partial charge in [-0.05, 0) is 25.0 Å². The fraction of sp³-hybridized carbons (Fsp3) is 0.357. The SMILES string of the molecule is c1cnn(CC2CCCN2c2ncnc3[nH]ccc23)c1. The third kappa shape index (κ3) is 1.84. The lowest BCUT2D eigenvalue weighted by atomic mass is 10.2. The molecule has 1 aliphatic heterocycles. The first-order valence-electron chi connectivity index (χ1n) is 6.94. The van der Waals surface area contributed by atoms with Crippen LogP contribution < -0.4 is 4.90 Å². The Morgan fingerprint density at radius 1 is 1.35 bits per heavy atom. The first-order chi connectivity index (χ1) is 9.92. The molecule has 1 N–H and O–H groups in total. The van der Waals surface area contributed by atoms with E-state index in [1.165, 1.54) is 12.8 Å². The minimum absolute atomic E-state index is 0.447. The molecule has 0 saturated carbocycles. The highest BCUT2D eigenvalue weighted by Gasteiger charge is 2.27. The molecule has 6 nitrogen and oxygen atoms in total. The van der Waals surface area contributed by atoms with Gasteiger partial charge in [0.15, 0.2) is 0 Å². The van der Waals surface area contributed by atoms with E-state index in [1.807, 2.05) is 35.4 Å². The maximum atomic E-state index is 4.51. The summed E-state index contributed by atoms with van der Waals surface area (Å²) in [5.74, 6) is 1.03. The van der Waals surface area contributed by atoms with Crippen molar-refractivity contribution >= 4 is 16.9 Å². The van der Waals surface area contributed by atoms with E-state index in [1.54, 1.807) is 6.33 Å². The molecule has 4 rings (SSSR count). The minimum atomic E-state index is 0.447. The second-order valence-corrected chi connectivity index (χ2v) is 5.15. The van der Waals surface area contributed by atoms with Gasteiger partial charge in [-0.1, -0.05) is 0 Å². The van der Waals surface area contributed by atoms with E-state index in [2.05, 4.69) is 25.0 Å². The Bertz CT molecular complexity index is 701. The maximum absolute atomic E-state index is 4.51. The summed E-state index contributed by atoms with van der Waals surface area (Å²) in [6.07, 6.45) is 9.77. The van der Waals surface area contributed by atoms with Gasteiger partial charge in [0.25, 0.3) is 0 Å². The second-order valence-electron chi connectivity index (χ2n) is 5.15. The first-order valence-corrected chi connectivity index (χ1v) is 6.94. The Hall–Kier alpha value is -2.37. The molecule has 0 aromatic carbocycles. The third-order valence-corrected chi connectivity index (χ3v) is 3.94. The number of anilines is 1. The van der Waals surface area contributed by atoms with Crippen LogP contribution in [-0.2, 0) is 6.54 Å². The summed E-state index contributed by atoms with van der Waals surface area (Å²) in [6.45, 7) is 1.95. The largest absolute Gasteiger partial charge is 0.351 e. The summed E-state index contributed by atoms with van der Waals surface area (Å²) in [5.41, 5.74) is 0.903. The maximum Gasteiger partial charge on any atom is 0.142 e. The Kier molecular flexibility index (Phi) is 2.65. The monoisotopic (exact) mass is 268 g/mol. The van der Waals surface area contributed by atoms with Crippen LogP contribution in [0.4, 0.5) is 5.82 Å². The van der Waals surface area contributed by atoms with Gasteiger partial charge in [0.1, 0.15) is 17.8 Å². The zero-order chi connectivity index (χ0) is 13.4. The highest BCUT2D eigenvalue weighted by atomic mass is 15.3. The molecule has 1 atom stereocenters. The third-order valence-electron chi connectivity index (χ3n) is 3.94. The molecule has 0 spiro atoms. The van der Waals surface area contributed by atoms with E-state index >= 15 is 0 Å². The normalized spacial score (nSPS) is 19.0. The lowest BCUT2D eigenvalue weighted by Gasteiger charge is -2.26. The van der Waals surface area contributed by atoms with Crippen molar-refractivity contribution in [3.05, 3.63) is 37.1 Å². The van der Waals surface area contributed by atoms with Gasteiger partial charge in [-0.15, -0.1) is 0 Å². The second kappa shape index (κ2) is 4.63. The molecule has 3 aromatic rings. The molecule has 0 amide bonds. The van der Waals surface area contributed by atoms with Crippen LogP contribution in [0, 0.1) is 0 Å². The van der Waals surface area contributed by atoms with Crippen molar-refractivity contribution in [2.24, 2.45) is 0 Å². The predicted molar refractivity (Wildman–Crippen MR) is 76.5 cm³/mol. The molecule has 102 valence electrons. The van der Waals surface area contributed by atoms with Crippen LogP contribution in [0.2, 0.25) is 0 Å². The van der Waals surface area contributed by atoms with Gasteiger partial charge in [0.05, 0.1) is 18.0 Å². The first kappa shape index (κ1) is 11.5. The fourth-order valence-electron chi connectivity index (χ4n) is 3.02. The average molecular weight is 268 g/mol. The molecule has 20 heavy (non-hydrogen) atoms. The molecule has 6 heteroatoms. The molecule has 4 heterocycles. The smallest absolute Gasteiger partial charge is 0.142 e. The summed E-state index contributed by atoms with van der Waals surface area (Å²) < 4.78 is 2.00. The Morgan fingerprint density at radius 3 is 3.25 bits per heavy atom. The van der Waals surface area contributed by atoms with Crippen molar-refractivity contribution < 1.29 is 0 Å². The standard InChI is InChI=1S/C14H16N6/c1-3-11(9-19-7-2-5-18-19)20(8-1)14-12-4-6-15-13(12)16-10-17-14/h2,4-7,10-11H,1,3,8-9H2,(H,15,16,17). The van der Waals surface area contributed by atoms with Crippen LogP contribution in [0.3, 0.4) is 0 Å². The van der Waals surface area contributed by atoms with Crippen LogP contribution in [-0.4, -0.2) is 37.3 Å². The van der Waals surface area contributed by atoms with E-state index in [4.69, 9.17) is 0 Å². The van der Waals surface area contributed by atoms with Gasteiger partial charge < -0.3 is 9.88 Å². The van der Waals surface area contributed by atoms with Crippen molar-refractivity contribution in [1.82, 2.24) is 24.7 Å². The van der Waals surface area contributed by atoms with Crippen LogP contribution >= 0.6 is 0 Å². The molecule has 1 fully saturated rings. The lowest BCUT2D eigenvalue weighted by Crippen LogP contribution is -2.33. The Labute approximate surface area is 116 Å². The summed E-state index contributed by atoms with van der Waals surface area (Å²) in [7, 11) is 0. The molecule has 0 aliphatic carbocycles. The highest BCUT2D eigenvalue weighted by molar-refractivity contribution is 5.87. The highest BCUT2D eigenvalue weighted by Crippen LogP contribution is 2.29. The van der Waals surface area contributed by atoms with Crippen LogP contribution in [0.25, 0.3) is 11.0 Å². The van der Waals surface area contributed by atoms with E-state index in [9.17, 15) is 0 Å². The van der Waals surface area contributed by atoms with E-state index in [-0.39, 0.29) is 0 Å². The number of nitrogens with one attached hydrogen (secondary N) is 1. The van der Waals surface area contributed by atoms with Crippen molar-refractivity contribution in [3.8, 4) is 0 Å². The molecule has 1 unspecified atom stereocenters. The molecule has 0 radical (unpaired) electrons. The van der Waals surface area contributed by atoms with Crippen LogP contribution in [0.1, 0.15) is 12.8 Å². The van der Waals surface area contributed by atoms with Crippen LogP contribution in [0.5, 0.6) is 0 Å². The lowest BCUT2D eigenvalue weighted by molar-refractivity contribution is 0.508. The van der Waals surface area contributed by atoms with Gasteiger partial charge in [-0.2, -0.15) is 5.10 Å². The van der Waals surface area contributed by atoms with Crippen molar-refractivity contribution in [3.63, 3.8) is 0 Å². The summed E-state index contributed by atoms with van der Waals surface area (Å²) in [5, 5.41) is 5.41. The van der Waals surface area contributed by atoms with Gasteiger partial charge >= 0.3 is 0 Å². The van der Waals surface area contributed by atoms with Gasteiger partial charge in [-0.3, -0.25) is 4.68 Å². The van der Waals surface area contributed by atoms with Crippen molar-refractivity contribution in [2.75, 3.05) is 11.4 Å². The topological polar surface area (TPSA) is 62.6 Å². The molecular formula is C14H16N6. The summed E-state index contributed by atoms with van der Waals surface area (Å²) in [6, 6.07) is 4.46.